The highest BCUT2D eigenvalue weighted by molar-refractivity contribution is 5.99. The fraction of sp³-hybridized carbons (Fsp3) is 0.549. The van der Waals surface area contributed by atoms with E-state index in [0.29, 0.717) is 43.4 Å². The van der Waals surface area contributed by atoms with Crippen LogP contribution in [0.4, 0.5) is 0 Å². The van der Waals surface area contributed by atoms with Crippen LogP contribution in [0, 0.1) is 17.8 Å². The van der Waals surface area contributed by atoms with Crippen molar-refractivity contribution in [2.75, 3.05) is 26.2 Å². The van der Waals surface area contributed by atoms with Crippen molar-refractivity contribution in [2.45, 2.75) is 205 Å². The van der Waals surface area contributed by atoms with E-state index in [9.17, 15) is 82.8 Å². The van der Waals surface area contributed by atoms with Crippen molar-refractivity contribution in [3.63, 3.8) is 0 Å². The number of carboxylic acids is 2. The van der Waals surface area contributed by atoms with Gasteiger partial charge in [-0.1, -0.05) is 121 Å². The van der Waals surface area contributed by atoms with Crippen LogP contribution in [0.1, 0.15) is 129 Å². The zero-order valence-corrected chi connectivity index (χ0v) is 60.1. The molecule has 1 saturated heterocycles. The van der Waals surface area contributed by atoms with E-state index >= 15 is 0 Å². The smallest absolute Gasteiger partial charge is 0.326 e. The van der Waals surface area contributed by atoms with Gasteiger partial charge in [0.2, 0.25) is 65.0 Å². The summed E-state index contributed by atoms with van der Waals surface area (Å²) in [5.74, 6) is -14.1. The van der Waals surface area contributed by atoms with Crippen LogP contribution in [0.3, 0.4) is 0 Å². The number of phenols is 1. The number of carboxylic acid groups (broad SMARTS) is 2. The van der Waals surface area contributed by atoms with Crippen molar-refractivity contribution in [3.05, 3.63) is 102 Å². The normalized spacial score (nSPS) is 16.1. The molecule has 1 aliphatic heterocycles. The van der Waals surface area contributed by atoms with E-state index in [-0.39, 0.29) is 80.7 Å². The van der Waals surface area contributed by atoms with Crippen molar-refractivity contribution in [1.29, 1.82) is 0 Å². The number of rotatable bonds is 45. The number of carbonyl (C=O) groups is 13. The van der Waals surface area contributed by atoms with Gasteiger partial charge >= 0.3 is 11.9 Å². The minimum absolute atomic E-state index is 0.0263. The van der Waals surface area contributed by atoms with Crippen LogP contribution < -0.4 is 76.1 Å². The van der Waals surface area contributed by atoms with Crippen LogP contribution in [0.15, 0.2) is 89.9 Å². The summed E-state index contributed by atoms with van der Waals surface area (Å²) in [7, 11) is 0. The number of primary amides is 1. The maximum Gasteiger partial charge on any atom is 0.326 e. The molecule has 33 heteroatoms. The molecule has 104 heavy (non-hydrogen) atoms. The van der Waals surface area contributed by atoms with Crippen molar-refractivity contribution >= 4 is 82.9 Å². The number of nitrogens with two attached hydrogens (primary N) is 4. The Morgan fingerprint density at radius 3 is 1.62 bits per heavy atom. The molecule has 0 saturated carbocycles. The number of aliphatic imine (C=N–C) groups is 1. The lowest BCUT2D eigenvalue weighted by Gasteiger charge is -2.33. The minimum Gasteiger partial charge on any atom is -0.508 e. The van der Waals surface area contributed by atoms with Gasteiger partial charge in [-0.3, -0.25) is 62.5 Å². The van der Waals surface area contributed by atoms with Crippen LogP contribution in [0.2, 0.25) is 0 Å². The standard InChI is InChI=1S/C71H106N16O17/c1-8-41(6)59(85-66(99)54-22-16-32-87(54)69(102)58(40(4)5)77-37-46(72)34-43-17-11-9-12-18-43)67(100)84-53(35-44-19-13-10-14-20-44)65(98)86-60(42(7)88)68(101)83-52(36-45-23-25-47(89)26-24-45)61(94)78-38-56(91)79-48(28-30-57(92)93)62(95)82-51(33-39(2)3)64(97)80-49(27-29-55(73)90)63(96)81-50(70(103)104)21-15-31-76-71(74)75/h9-14,17-20,23-26,39-42,46,48-54,58-60,77,88-89H,8,15-16,21-22,27-38,72H2,1-7H3,(H2,73,90)(H,78,94)(H,79,91)(H,80,97)(H,81,96)(H,82,95)(H,83,101)(H,84,100)(H,85,99)(H,86,98)(H,92,93)(H,103,104)(H4,74,75,76)/t41-,42+,46-,48-,49-,50-,51-,52-,53-,54-,58-,59-,60-/m0/s1. The number of nitrogens with one attached hydrogen (secondary N) is 10. The molecule has 1 fully saturated rings. The number of benzene rings is 3. The number of likely N-dealkylation sites (tertiary alicyclic amines) is 1. The number of amides is 11. The molecule has 0 radical (unpaired) electrons. The van der Waals surface area contributed by atoms with Gasteiger partial charge in [-0.05, 0) is 105 Å². The summed E-state index contributed by atoms with van der Waals surface area (Å²) in [6.07, 6.45) is -2.68. The molecule has 4 rings (SSSR count). The fourth-order valence-corrected chi connectivity index (χ4v) is 11.5. The van der Waals surface area contributed by atoms with E-state index in [1.807, 2.05) is 44.2 Å². The quantitative estimate of drug-likeness (QED) is 0.0167. The number of hydrogen-bond donors (Lipinski definition) is 18. The molecule has 1 aliphatic rings. The van der Waals surface area contributed by atoms with Gasteiger partial charge in [-0.25, -0.2) is 4.79 Å². The van der Waals surface area contributed by atoms with E-state index in [4.69, 9.17) is 22.9 Å². The largest absolute Gasteiger partial charge is 0.508 e. The van der Waals surface area contributed by atoms with Crippen molar-refractivity contribution in [3.8, 4) is 5.75 Å². The molecular formula is C71H106N16O17. The first-order valence-electron chi connectivity index (χ1n) is 35.0. The predicted molar refractivity (Wildman–Crippen MR) is 383 cm³/mol. The van der Waals surface area contributed by atoms with E-state index in [0.717, 1.165) is 5.56 Å². The molecular weight excluding hydrogens is 1350 g/mol. The summed E-state index contributed by atoms with van der Waals surface area (Å²) < 4.78 is 0. The lowest BCUT2D eigenvalue weighted by atomic mass is 9.96. The van der Waals surface area contributed by atoms with Crippen LogP contribution in [0.5, 0.6) is 5.75 Å². The first-order valence-corrected chi connectivity index (χ1v) is 35.0. The highest BCUT2D eigenvalue weighted by Gasteiger charge is 2.42. The van der Waals surface area contributed by atoms with Gasteiger partial charge in [0.05, 0.1) is 18.7 Å². The Bertz CT molecular complexity index is 3400. The summed E-state index contributed by atoms with van der Waals surface area (Å²) in [5, 5.41) is 66.7. The second-order valence-electron chi connectivity index (χ2n) is 26.9. The lowest BCUT2D eigenvalue weighted by molar-refractivity contribution is -0.143. The Hall–Kier alpha value is -10.3. The topological polar surface area (TPSA) is 543 Å². The van der Waals surface area contributed by atoms with Gasteiger partial charge in [-0.2, -0.15) is 0 Å². The summed E-state index contributed by atoms with van der Waals surface area (Å²) in [4.78, 5) is 183. The number of carbonyl (C=O) groups excluding carboxylic acids is 11. The summed E-state index contributed by atoms with van der Waals surface area (Å²) in [6, 6.07) is 9.26. The van der Waals surface area contributed by atoms with Crippen LogP contribution in [-0.4, -0.2) is 207 Å². The predicted octanol–water partition coefficient (Wildman–Crippen LogP) is -1.91. The average molecular weight is 1460 g/mol. The number of aliphatic hydroxyl groups excluding tert-OH is 1. The maximum atomic E-state index is 14.7. The molecule has 0 unspecified atom stereocenters. The van der Waals surface area contributed by atoms with Crippen LogP contribution >= 0.6 is 0 Å². The first-order chi connectivity index (χ1) is 49.2. The Kier molecular flexibility index (Phi) is 36.1. The molecule has 1 heterocycles. The van der Waals surface area contributed by atoms with Crippen LogP contribution in [-0.2, 0) is 81.6 Å². The Morgan fingerprint density at radius 2 is 1.08 bits per heavy atom. The van der Waals surface area contributed by atoms with Gasteiger partial charge in [0, 0.05) is 51.4 Å². The third-order valence-electron chi connectivity index (χ3n) is 17.4. The van der Waals surface area contributed by atoms with E-state index in [1.54, 1.807) is 58.0 Å². The molecule has 0 spiro atoms. The molecule has 13 atom stereocenters. The molecule has 3 aromatic rings. The molecule has 3 aromatic carbocycles. The Balaban J connectivity index is 1.54. The number of aromatic hydroxyl groups is 1. The Labute approximate surface area is 605 Å². The lowest BCUT2D eigenvalue weighted by Crippen LogP contribution is -2.62. The van der Waals surface area contributed by atoms with E-state index < -0.39 is 176 Å². The van der Waals surface area contributed by atoms with Gasteiger partial charge in [0.15, 0.2) is 5.96 Å². The van der Waals surface area contributed by atoms with E-state index in [1.165, 1.54) is 36.1 Å². The summed E-state index contributed by atoms with van der Waals surface area (Å²) in [5.41, 5.74) is 24.5. The third kappa shape index (κ3) is 30.0. The van der Waals surface area contributed by atoms with Gasteiger partial charge in [-0.15, -0.1) is 0 Å². The molecule has 0 aliphatic carbocycles. The van der Waals surface area contributed by atoms with Crippen molar-refractivity contribution in [2.24, 2.45) is 45.7 Å². The third-order valence-corrected chi connectivity index (χ3v) is 17.4. The van der Waals surface area contributed by atoms with Gasteiger partial charge in [0.1, 0.15) is 60.1 Å². The number of hydrogen-bond acceptors (Lipinski definition) is 18. The highest BCUT2D eigenvalue weighted by atomic mass is 16.4. The second-order valence-corrected chi connectivity index (χ2v) is 26.9. The Morgan fingerprint density at radius 1 is 0.567 bits per heavy atom. The van der Waals surface area contributed by atoms with Gasteiger partial charge in [0.25, 0.3) is 0 Å². The summed E-state index contributed by atoms with van der Waals surface area (Å²) >= 11 is 0. The number of guanidine groups is 1. The van der Waals surface area contributed by atoms with Crippen molar-refractivity contribution < 1.29 is 82.8 Å². The van der Waals surface area contributed by atoms with Crippen molar-refractivity contribution in [1.82, 2.24) is 58.1 Å². The SMILES string of the molecule is CC[C@H](C)[C@H](NC(=O)[C@@H]1CCCN1C(=O)[C@@H](NC[C@@H](N)Cc1ccccc1)C(C)C)C(=O)N[C@@H](Cc1ccccc1)C(=O)N[C@H](C(=O)N[C@@H](Cc1ccc(O)cc1)C(=O)NCC(=O)N[C@@H](CCC(=O)O)C(=O)N[C@@H](CC(C)C)C(=O)N[C@@H](CCC(N)=O)C(=O)N[C@@H](CCCN=C(N)N)C(=O)O)[C@@H](C)O. The number of aliphatic carboxylic acids is 2. The molecule has 11 amide bonds. The van der Waals surface area contributed by atoms with Gasteiger partial charge < -0.3 is 101 Å². The zero-order chi connectivity index (χ0) is 77.3. The second kappa shape index (κ2) is 43.6. The molecule has 22 N–H and O–H groups in total. The van der Waals surface area contributed by atoms with E-state index in [2.05, 4.69) is 58.2 Å². The first kappa shape index (κ1) is 86.1. The molecule has 572 valence electrons. The fourth-order valence-electron chi connectivity index (χ4n) is 11.5. The molecule has 33 nitrogen and oxygen atoms in total. The summed E-state index contributed by atoms with van der Waals surface area (Å²) in [6.45, 7) is 11.6. The maximum absolute atomic E-state index is 14.7. The number of phenolic OH excluding ortho intramolecular Hbond substituents is 1. The zero-order valence-electron chi connectivity index (χ0n) is 60.1. The monoisotopic (exact) mass is 1450 g/mol. The highest BCUT2D eigenvalue weighted by Crippen LogP contribution is 2.23. The average Bonchev–Trinajstić information content (AvgIpc) is 1.61. The minimum atomic E-state index is -1.84. The van der Waals surface area contributed by atoms with Crippen LogP contribution in [0.25, 0.3) is 0 Å². The molecule has 0 bridgehead atoms. The molecule has 0 aromatic heterocycles. The number of aliphatic hydroxyl groups is 1. The number of nitrogens with zero attached hydrogens (tertiary/aromatic N) is 2.